The van der Waals surface area contributed by atoms with Crippen molar-refractivity contribution in [3.05, 3.63) is 118 Å². The fourth-order valence-corrected chi connectivity index (χ4v) is 9.11. The molecule has 0 saturated carbocycles. The van der Waals surface area contributed by atoms with Crippen LogP contribution in [-0.4, -0.2) is 52.8 Å². The Labute approximate surface area is 323 Å². The maximum atomic E-state index is 14.3. The van der Waals surface area contributed by atoms with Crippen molar-refractivity contribution >= 4 is 69.0 Å². The number of rotatable bonds is 13. The molecule has 1 aliphatic carbocycles. The Morgan fingerprint density at radius 2 is 1.46 bits per heavy atom. The van der Waals surface area contributed by atoms with Crippen molar-refractivity contribution in [1.82, 2.24) is 0 Å². The van der Waals surface area contributed by atoms with E-state index in [0.717, 1.165) is 34.6 Å². The quantitative estimate of drug-likeness (QED) is 0.0467. The third kappa shape index (κ3) is 6.48. The monoisotopic (exact) mass is 741 g/mol. The number of hydrogen-bond acceptors (Lipinski definition) is 6. The lowest BCUT2D eigenvalue weighted by Gasteiger charge is -2.30. The number of carbonyl (C=O) groups is 3. The van der Waals surface area contributed by atoms with Crippen LogP contribution in [0.3, 0.4) is 0 Å². The lowest BCUT2D eigenvalue weighted by atomic mass is 9.76. The average Bonchev–Trinajstić information content (AvgIpc) is 3.50. The van der Waals surface area contributed by atoms with Gasteiger partial charge in [0.15, 0.2) is 11.5 Å². The highest BCUT2D eigenvalue weighted by Crippen LogP contribution is 2.52. The maximum absolute atomic E-state index is 14.3. The number of anilines is 1. The molecule has 0 amide bonds. The van der Waals surface area contributed by atoms with Crippen molar-refractivity contribution in [3.8, 4) is 0 Å². The molecule has 278 valence electrons. The van der Waals surface area contributed by atoms with Crippen LogP contribution < -0.4 is 4.90 Å². The first-order valence-electron chi connectivity index (χ1n) is 19.1. The highest BCUT2D eigenvalue weighted by molar-refractivity contribution is 7.85. The summed E-state index contributed by atoms with van der Waals surface area (Å²) in [5.74, 6) is -1.01. The number of thiol groups is 1. The predicted molar refractivity (Wildman–Crippen MR) is 220 cm³/mol. The molecule has 7 rings (SSSR count). The maximum Gasteiger partial charge on any atom is 0.305 e. The number of Topliss-reactive ketones (excluding diaryl/α,β-unsaturated/α-hetero) is 1. The number of ether oxygens (including phenoxy) is 1. The van der Waals surface area contributed by atoms with Gasteiger partial charge in [-0.1, -0.05) is 68.4 Å². The second kappa shape index (κ2) is 14.7. The van der Waals surface area contributed by atoms with Crippen LogP contribution in [0.15, 0.2) is 107 Å². The number of esters is 1. The van der Waals surface area contributed by atoms with Crippen LogP contribution in [0.25, 0.3) is 21.5 Å². The molecule has 4 aromatic rings. The SMILES string of the molecule is CCOC(=O)CCCC[N+]1=C(/C=C2\C(=O)C(/C=C3/N(CCCCC(=O)O)c4ccc5ccccc5c4C3(C)C)=C2S)C(C)(C)c2c1ccc1ccccc21. The number of carboxylic acids is 1. The minimum atomic E-state index is -0.794. The molecule has 1 N–H and O–H groups in total. The molecule has 2 heterocycles. The van der Waals surface area contributed by atoms with Gasteiger partial charge in [0.2, 0.25) is 5.69 Å². The first-order valence-corrected chi connectivity index (χ1v) is 19.6. The van der Waals surface area contributed by atoms with Crippen LogP contribution in [0.2, 0.25) is 0 Å². The molecule has 0 bridgehead atoms. The van der Waals surface area contributed by atoms with Gasteiger partial charge in [0.05, 0.1) is 12.0 Å². The Bertz CT molecular complexity index is 2340. The number of unbranched alkanes of at least 4 members (excludes halogenated alkanes) is 2. The fourth-order valence-electron chi connectivity index (χ4n) is 8.78. The summed E-state index contributed by atoms with van der Waals surface area (Å²) in [6.07, 6.45) is 7.32. The van der Waals surface area contributed by atoms with E-state index < -0.39 is 16.8 Å². The Morgan fingerprint density at radius 3 is 2.13 bits per heavy atom. The summed E-state index contributed by atoms with van der Waals surface area (Å²) < 4.78 is 7.50. The van der Waals surface area contributed by atoms with E-state index in [4.69, 9.17) is 17.4 Å². The summed E-state index contributed by atoms with van der Waals surface area (Å²) in [6.45, 7) is 12.4. The third-order valence-corrected chi connectivity index (χ3v) is 11.9. The predicted octanol–water partition coefficient (Wildman–Crippen LogP) is 9.73. The van der Waals surface area contributed by atoms with Crippen LogP contribution in [-0.2, 0) is 30.0 Å². The molecule has 0 spiro atoms. The van der Waals surface area contributed by atoms with E-state index in [-0.39, 0.29) is 18.2 Å². The number of carboxylic acid groups (broad SMARTS) is 1. The number of fused-ring (bicyclic) bond motifs is 6. The van der Waals surface area contributed by atoms with Gasteiger partial charge in [0.1, 0.15) is 6.54 Å². The standard InChI is InChI=1S/C46H48N2O5S/c1-6-53-40(51)20-12-14-26-48-36-24-22-30-16-8-10-18-32(30)42(36)46(4,5)38(48)28-34-43(52)33(44(34)54)27-37-45(2,3)41-31-17-9-7-15-29(31)21-23-35(41)47(37)25-13-11-19-39(49)50/h7-10,15-18,21-24,27-28H,6,11-14,19-20,25-26H2,1-5H3,(H-,49,50,52,54)/p+1. The zero-order valence-electron chi connectivity index (χ0n) is 31.9. The summed E-state index contributed by atoms with van der Waals surface area (Å²) in [5.41, 5.74) is 7.04. The van der Waals surface area contributed by atoms with Gasteiger partial charge in [0.25, 0.3) is 0 Å². The van der Waals surface area contributed by atoms with Crippen molar-refractivity contribution in [2.75, 3.05) is 24.6 Å². The first kappa shape index (κ1) is 37.4. The minimum absolute atomic E-state index is 0.0404. The van der Waals surface area contributed by atoms with Gasteiger partial charge in [-0.3, -0.25) is 14.4 Å². The smallest absolute Gasteiger partial charge is 0.305 e. The zero-order chi connectivity index (χ0) is 38.4. The summed E-state index contributed by atoms with van der Waals surface area (Å²) in [7, 11) is 0. The molecule has 7 nitrogen and oxygen atoms in total. The molecular formula is C46H49N2O5S+. The Kier molecular flexibility index (Phi) is 10.2. The second-order valence-electron chi connectivity index (χ2n) is 15.6. The van der Waals surface area contributed by atoms with Crippen LogP contribution >= 0.6 is 12.6 Å². The van der Waals surface area contributed by atoms with Gasteiger partial charge in [0, 0.05) is 76.4 Å². The second-order valence-corrected chi connectivity index (χ2v) is 16.0. The van der Waals surface area contributed by atoms with Crippen molar-refractivity contribution in [3.63, 3.8) is 0 Å². The number of aliphatic carboxylic acids is 1. The van der Waals surface area contributed by atoms with Crippen LogP contribution in [0.5, 0.6) is 0 Å². The molecule has 8 heteroatoms. The van der Waals surface area contributed by atoms with Gasteiger partial charge in [-0.15, -0.1) is 12.6 Å². The molecule has 4 aromatic carbocycles. The highest BCUT2D eigenvalue weighted by Gasteiger charge is 2.48. The van der Waals surface area contributed by atoms with E-state index in [2.05, 4.69) is 104 Å². The Morgan fingerprint density at radius 1 is 0.815 bits per heavy atom. The molecule has 0 unspecified atom stereocenters. The average molecular weight is 742 g/mol. The van der Waals surface area contributed by atoms with Gasteiger partial charge in [-0.25, -0.2) is 0 Å². The van der Waals surface area contributed by atoms with Crippen molar-refractivity contribution < 1.29 is 28.8 Å². The molecule has 54 heavy (non-hydrogen) atoms. The number of carbonyl (C=O) groups excluding carboxylic acids is 2. The van der Waals surface area contributed by atoms with E-state index in [1.165, 1.54) is 27.3 Å². The zero-order valence-corrected chi connectivity index (χ0v) is 32.8. The number of ketones is 1. The molecule has 3 aliphatic rings. The number of allylic oxidation sites excluding steroid dienone is 5. The fraction of sp³-hybridized carbons (Fsp3) is 0.348. The number of hydrogen-bond donors (Lipinski definition) is 2. The number of nitrogens with zero attached hydrogens (tertiary/aromatic N) is 2. The van der Waals surface area contributed by atoms with Crippen LogP contribution in [0.1, 0.15) is 84.3 Å². The van der Waals surface area contributed by atoms with Gasteiger partial charge >= 0.3 is 11.9 Å². The van der Waals surface area contributed by atoms with E-state index in [1.54, 1.807) is 0 Å². The summed E-state index contributed by atoms with van der Waals surface area (Å²) in [6, 6.07) is 25.5. The van der Waals surface area contributed by atoms with Crippen molar-refractivity contribution in [2.45, 2.75) is 84.0 Å². The summed E-state index contributed by atoms with van der Waals surface area (Å²) in [4.78, 5) is 40.7. The molecule has 0 saturated heterocycles. The van der Waals surface area contributed by atoms with Crippen LogP contribution in [0, 0.1) is 0 Å². The summed E-state index contributed by atoms with van der Waals surface area (Å²) in [5, 5.41) is 14.0. The van der Waals surface area contributed by atoms with Crippen LogP contribution in [0.4, 0.5) is 11.4 Å². The lowest BCUT2D eigenvalue weighted by Crippen LogP contribution is -2.32. The van der Waals surface area contributed by atoms with Gasteiger partial charge in [-0.2, -0.15) is 4.58 Å². The highest BCUT2D eigenvalue weighted by atomic mass is 32.1. The summed E-state index contributed by atoms with van der Waals surface area (Å²) >= 11 is 5.01. The molecular weight excluding hydrogens is 693 g/mol. The van der Waals surface area contributed by atoms with Gasteiger partial charge in [-0.05, 0) is 85.4 Å². The van der Waals surface area contributed by atoms with E-state index in [9.17, 15) is 19.5 Å². The lowest BCUT2D eigenvalue weighted by molar-refractivity contribution is -0.438. The molecule has 0 aromatic heterocycles. The van der Waals surface area contributed by atoms with E-state index in [1.807, 2.05) is 25.1 Å². The normalized spacial score (nSPS) is 18.6. The molecule has 2 aliphatic heterocycles. The van der Waals surface area contributed by atoms with Crippen molar-refractivity contribution in [2.24, 2.45) is 0 Å². The number of benzene rings is 4. The third-order valence-electron chi connectivity index (χ3n) is 11.4. The molecule has 0 radical (unpaired) electrons. The molecule has 0 atom stereocenters. The largest absolute Gasteiger partial charge is 0.481 e. The van der Waals surface area contributed by atoms with E-state index >= 15 is 0 Å². The molecule has 0 fully saturated rings. The minimum Gasteiger partial charge on any atom is -0.481 e. The van der Waals surface area contributed by atoms with E-state index in [0.29, 0.717) is 61.4 Å². The topological polar surface area (TPSA) is 86.9 Å². The van der Waals surface area contributed by atoms with Gasteiger partial charge < -0.3 is 14.7 Å². The Balaban J connectivity index is 1.28. The first-order chi connectivity index (χ1) is 25.9. The Hall–Kier alpha value is -4.95. The van der Waals surface area contributed by atoms with Crippen molar-refractivity contribution in [1.29, 1.82) is 0 Å².